The highest BCUT2D eigenvalue weighted by Crippen LogP contribution is 2.37. The third kappa shape index (κ3) is 1.35. The van der Waals surface area contributed by atoms with Crippen molar-refractivity contribution in [3.8, 4) is 0 Å². The minimum absolute atomic E-state index is 0.290. The molecule has 0 unspecified atom stereocenters. The fourth-order valence-electron chi connectivity index (χ4n) is 2.84. The summed E-state index contributed by atoms with van der Waals surface area (Å²) in [6, 6.07) is 4.46. The van der Waals surface area contributed by atoms with E-state index < -0.39 is 0 Å². The van der Waals surface area contributed by atoms with E-state index in [1.54, 1.807) is 0 Å². The minimum atomic E-state index is 0.290. The van der Waals surface area contributed by atoms with E-state index in [0.717, 1.165) is 25.8 Å². The Balaban J connectivity index is 2.09. The van der Waals surface area contributed by atoms with E-state index >= 15 is 0 Å². The summed E-state index contributed by atoms with van der Waals surface area (Å²) in [6.07, 6.45) is 3.51. The molecule has 0 saturated carbocycles. The molecule has 3 rings (SSSR count). The van der Waals surface area contributed by atoms with Crippen LogP contribution in [0.2, 0.25) is 0 Å². The van der Waals surface area contributed by atoms with E-state index in [4.69, 9.17) is 5.73 Å². The molecule has 3 nitrogen and oxygen atoms in total. The summed E-state index contributed by atoms with van der Waals surface area (Å²) in [6.45, 7) is 1.56. The van der Waals surface area contributed by atoms with Crippen LogP contribution in [0.4, 0.5) is 5.69 Å². The summed E-state index contributed by atoms with van der Waals surface area (Å²) in [5.74, 6) is 0.290. The first-order valence-electron chi connectivity index (χ1n) is 5.94. The number of nitrogens with zero attached hydrogens (tertiary/aromatic N) is 1. The summed E-state index contributed by atoms with van der Waals surface area (Å²) in [5, 5.41) is 0. The van der Waals surface area contributed by atoms with Crippen molar-refractivity contribution in [3.63, 3.8) is 0 Å². The second-order valence-corrected chi connectivity index (χ2v) is 4.60. The lowest BCUT2D eigenvalue weighted by atomic mass is 9.95. The van der Waals surface area contributed by atoms with E-state index in [1.165, 1.54) is 22.4 Å². The molecule has 1 aromatic rings. The van der Waals surface area contributed by atoms with Crippen LogP contribution in [-0.4, -0.2) is 19.0 Å². The van der Waals surface area contributed by atoms with Crippen LogP contribution in [0, 0.1) is 0 Å². The first-order chi connectivity index (χ1) is 7.79. The van der Waals surface area contributed by atoms with Gasteiger partial charge < -0.3 is 10.6 Å². The maximum absolute atomic E-state index is 11.7. The Morgan fingerprint density at radius 2 is 1.94 bits per heavy atom. The zero-order chi connectivity index (χ0) is 11.1. The van der Waals surface area contributed by atoms with E-state index in [-0.39, 0.29) is 5.91 Å². The molecule has 0 spiro atoms. The molecule has 84 valence electrons. The van der Waals surface area contributed by atoms with E-state index in [0.29, 0.717) is 13.0 Å². The lowest BCUT2D eigenvalue weighted by Gasteiger charge is -2.25. The van der Waals surface area contributed by atoms with Gasteiger partial charge in [-0.1, -0.05) is 12.1 Å². The second-order valence-electron chi connectivity index (χ2n) is 4.60. The summed E-state index contributed by atoms with van der Waals surface area (Å²) in [4.78, 5) is 13.7. The smallest absolute Gasteiger partial charge is 0.227 e. The van der Waals surface area contributed by atoms with Gasteiger partial charge in [-0.2, -0.15) is 0 Å². The Labute approximate surface area is 95.2 Å². The van der Waals surface area contributed by atoms with Crippen molar-refractivity contribution in [2.75, 3.05) is 18.0 Å². The number of hydrogen-bond donors (Lipinski definition) is 1. The Hall–Kier alpha value is -1.35. The van der Waals surface area contributed by atoms with Crippen LogP contribution in [0.15, 0.2) is 12.1 Å². The summed E-state index contributed by atoms with van der Waals surface area (Å²) in [7, 11) is 0. The second kappa shape index (κ2) is 3.59. The zero-order valence-electron chi connectivity index (χ0n) is 9.33. The monoisotopic (exact) mass is 216 g/mol. The van der Waals surface area contributed by atoms with Crippen molar-refractivity contribution >= 4 is 11.6 Å². The molecule has 1 amide bonds. The molecule has 0 saturated heterocycles. The highest BCUT2D eigenvalue weighted by Gasteiger charge is 2.31. The molecule has 2 aliphatic heterocycles. The number of benzene rings is 1. The van der Waals surface area contributed by atoms with Gasteiger partial charge >= 0.3 is 0 Å². The van der Waals surface area contributed by atoms with Gasteiger partial charge in [0.1, 0.15) is 0 Å². The van der Waals surface area contributed by atoms with Crippen LogP contribution in [0.3, 0.4) is 0 Å². The molecule has 0 bridgehead atoms. The van der Waals surface area contributed by atoms with Crippen LogP contribution < -0.4 is 10.6 Å². The number of hydrogen-bond acceptors (Lipinski definition) is 2. The quantitative estimate of drug-likeness (QED) is 0.802. The highest BCUT2D eigenvalue weighted by atomic mass is 16.2. The first-order valence-corrected chi connectivity index (χ1v) is 5.94. The van der Waals surface area contributed by atoms with Crippen LogP contribution in [-0.2, 0) is 24.1 Å². The van der Waals surface area contributed by atoms with E-state index in [9.17, 15) is 4.79 Å². The van der Waals surface area contributed by atoms with Crippen LogP contribution in [0.25, 0.3) is 0 Å². The fourth-order valence-corrected chi connectivity index (χ4v) is 2.84. The van der Waals surface area contributed by atoms with Crippen LogP contribution in [0.5, 0.6) is 0 Å². The predicted molar refractivity (Wildman–Crippen MR) is 63.6 cm³/mol. The number of anilines is 1. The first kappa shape index (κ1) is 9.85. The fraction of sp³-hybridized carbons (Fsp3) is 0.462. The molecular weight excluding hydrogens is 200 g/mol. The lowest BCUT2D eigenvalue weighted by Crippen LogP contribution is -2.32. The number of amides is 1. The Bertz CT molecular complexity index is 453. The maximum Gasteiger partial charge on any atom is 0.227 e. The van der Waals surface area contributed by atoms with Gasteiger partial charge in [0.25, 0.3) is 0 Å². The molecule has 0 atom stereocenters. The van der Waals surface area contributed by atoms with Gasteiger partial charge in [-0.3, -0.25) is 4.79 Å². The zero-order valence-corrected chi connectivity index (χ0v) is 9.33. The van der Waals surface area contributed by atoms with E-state index in [2.05, 4.69) is 12.1 Å². The molecule has 0 aliphatic carbocycles. The standard InChI is InChI=1S/C13H16N2O/c14-5-3-9-7-10-1-2-12(16)15-6-4-11(8-9)13(10)15/h7-8H,1-6,14H2. The largest absolute Gasteiger partial charge is 0.330 e. The topological polar surface area (TPSA) is 46.3 Å². The molecular formula is C13H16N2O. The molecule has 2 aliphatic rings. The van der Waals surface area contributed by atoms with E-state index in [1.807, 2.05) is 4.90 Å². The number of carbonyl (C=O) groups excluding carboxylic acids is 1. The lowest BCUT2D eigenvalue weighted by molar-refractivity contribution is -0.118. The molecule has 0 fully saturated rings. The van der Waals surface area contributed by atoms with Gasteiger partial charge in [-0.15, -0.1) is 0 Å². The van der Waals surface area contributed by atoms with Crippen molar-refractivity contribution < 1.29 is 4.79 Å². The van der Waals surface area contributed by atoms with Gasteiger partial charge in [-0.05, 0) is 42.5 Å². The highest BCUT2D eigenvalue weighted by molar-refractivity contribution is 5.98. The Morgan fingerprint density at radius 1 is 1.19 bits per heavy atom. The van der Waals surface area contributed by atoms with Gasteiger partial charge in [0, 0.05) is 13.0 Å². The van der Waals surface area contributed by atoms with Gasteiger partial charge in [-0.25, -0.2) is 0 Å². The predicted octanol–water partition coefficient (Wildman–Crippen LogP) is 1.02. The van der Waals surface area contributed by atoms with Crippen LogP contribution in [0.1, 0.15) is 23.1 Å². The molecule has 3 heteroatoms. The molecule has 0 aromatic heterocycles. The van der Waals surface area contributed by atoms with Gasteiger partial charge in [0.2, 0.25) is 5.91 Å². The summed E-state index contributed by atoms with van der Waals surface area (Å²) < 4.78 is 0. The SMILES string of the molecule is NCCc1cc2c3c(c1)CCN3C(=O)CC2. The maximum atomic E-state index is 11.7. The molecule has 2 N–H and O–H groups in total. The molecule has 2 heterocycles. The summed E-state index contributed by atoms with van der Waals surface area (Å²) >= 11 is 0. The van der Waals surface area contributed by atoms with Crippen molar-refractivity contribution in [1.29, 1.82) is 0 Å². The van der Waals surface area contributed by atoms with Crippen molar-refractivity contribution in [1.82, 2.24) is 0 Å². The van der Waals surface area contributed by atoms with Gasteiger partial charge in [0.05, 0.1) is 5.69 Å². The van der Waals surface area contributed by atoms with Crippen LogP contribution >= 0.6 is 0 Å². The Kier molecular flexibility index (Phi) is 2.21. The number of rotatable bonds is 2. The van der Waals surface area contributed by atoms with Crippen molar-refractivity contribution in [3.05, 3.63) is 28.8 Å². The number of nitrogens with two attached hydrogens (primary N) is 1. The summed E-state index contributed by atoms with van der Waals surface area (Å²) in [5.41, 5.74) is 10.8. The molecule has 1 aromatic carbocycles. The average Bonchev–Trinajstić information content (AvgIpc) is 2.69. The van der Waals surface area contributed by atoms with Gasteiger partial charge in [0.15, 0.2) is 0 Å². The van der Waals surface area contributed by atoms with Crippen molar-refractivity contribution in [2.45, 2.75) is 25.7 Å². The third-order valence-corrected chi connectivity index (χ3v) is 3.54. The Morgan fingerprint density at radius 3 is 2.69 bits per heavy atom. The number of carbonyl (C=O) groups is 1. The normalized spacial score (nSPS) is 17.8. The third-order valence-electron chi connectivity index (χ3n) is 3.54. The molecule has 16 heavy (non-hydrogen) atoms. The number of aryl methyl sites for hydroxylation is 1. The minimum Gasteiger partial charge on any atom is -0.330 e. The van der Waals surface area contributed by atoms with Crippen molar-refractivity contribution in [2.24, 2.45) is 5.73 Å². The average molecular weight is 216 g/mol. The molecule has 0 radical (unpaired) electrons.